The third-order valence-electron chi connectivity index (χ3n) is 4.43. The number of thioether (sulfide) groups is 1. The molecule has 0 spiro atoms. The van der Waals surface area contributed by atoms with Crippen molar-refractivity contribution in [3.8, 4) is 0 Å². The van der Waals surface area contributed by atoms with E-state index in [1.807, 2.05) is 6.92 Å². The van der Waals surface area contributed by atoms with E-state index in [1.54, 1.807) is 18.2 Å². The van der Waals surface area contributed by atoms with Crippen LogP contribution in [0.15, 0.2) is 23.1 Å². The lowest BCUT2D eigenvalue weighted by Gasteiger charge is -2.34. The largest absolute Gasteiger partial charge is 0.355 e. The number of nitrogens with zero attached hydrogens (tertiary/aromatic N) is 2. The molecule has 0 bridgehead atoms. The number of piperazine rings is 1. The smallest absolute Gasteiger partial charge is 0.233 e. The molecule has 1 aromatic rings. The standard InChI is InChI=1S/C18H27Cl2N3OS/c1-3-22-9-11-23(12-10-22)8-4-7-21-18(24)14(2)25-17-13-15(19)5-6-16(17)20/h5-6,13-14H,3-4,7-12H2,1-2H3,(H,21,24). The monoisotopic (exact) mass is 403 g/mol. The molecule has 1 amide bonds. The van der Waals surface area contributed by atoms with Gasteiger partial charge in [-0.15, -0.1) is 11.8 Å². The van der Waals surface area contributed by atoms with E-state index in [0.717, 1.165) is 50.6 Å². The highest BCUT2D eigenvalue weighted by Crippen LogP contribution is 2.32. The molecule has 0 aliphatic carbocycles. The maximum absolute atomic E-state index is 12.2. The van der Waals surface area contributed by atoms with E-state index >= 15 is 0 Å². The second kappa shape index (κ2) is 10.6. The summed E-state index contributed by atoms with van der Waals surface area (Å²) in [4.78, 5) is 18.0. The van der Waals surface area contributed by atoms with Gasteiger partial charge < -0.3 is 15.1 Å². The number of halogens is 2. The molecule has 1 heterocycles. The van der Waals surface area contributed by atoms with Gasteiger partial charge in [0.15, 0.2) is 0 Å². The predicted octanol–water partition coefficient (Wildman–Crippen LogP) is 3.62. The van der Waals surface area contributed by atoms with E-state index in [-0.39, 0.29) is 11.2 Å². The van der Waals surface area contributed by atoms with Gasteiger partial charge in [-0.1, -0.05) is 30.1 Å². The Hall–Kier alpha value is -0.460. The van der Waals surface area contributed by atoms with Gasteiger partial charge in [0.25, 0.3) is 0 Å². The van der Waals surface area contributed by atoms with Crippen molar-refractivity contribution in [1.29, 1.82) is 0 Å². The lowest BCUT2D eigenvalue weighted by atomic mass is 10.3. The van der Waals surface area contributed by atoms with E-state index in [1.165, 1.54) is 11.8 Å². The number of carbonyl (C=O) groups is 1. The molecule has 7 heteroatoms. The molecular weight excluding hydrogens is 377 g/mol. The molecule has 140 valence electrons. The minimum Gasteiger partial charge on any atom is -0.355 e. The van der Waals surface area contributed by atoms with Gasteiger partial charge in [-0.05, 0) is 44.6 Å². The predicted molar refractivity (Wildman–Crippen MR) is 108 cm³/mol. The van der Waals surface area contributed by atoms with Crippen molar-refractivity contribution < 1.29 is 4.79 Å². The normalized spacial score (nSPS) is 17.4. The molecule has 0 radical (unpaired) electrons. The fourth-order valence-corrected chi connectivity index (χ4v) is 4.23. The van der Waals surface area contributed by atoms with Crippen molar-refractivity contribution in [2.75, 3.05) is 45.8 Å². The van der Waals surface area contributed by atoms with Crippen LogP contribution >= 0.6 is 35.0 Å². The Bertz CT molecular complexity index is 565. The number of likely N-dealkylation sites (N-methyl/N-ethyl adjacent to an activating group) is 1. The fraction of sp³-hybridized carbons (Fsp3) is 0.611. The van der Waals surface area contributed by atoms with Crippen molar-refractivity contribution in [3.05, 3.63) is 28.2 Å². The van der Waals surface area contributed by atoms with Crippen LogP contribution in [0.2, 0.25) is 10.0 Å². The summed E-state index contributed by atoms with van der Waals surface area (Å²) in [7, 11) is 0. The lowest BCUT2D eigenvalue weighted by Crippen LogP contribution is -2.46. The highest BCUT2D eigenvalue weighted by atomic mass is 35.5. The Morgan fingerprint density at radius 2 is 1.92 bits per heavy atom. The van der Waals surface area contributed by atoms with Crippen LogP contribution in [0.4, 0.5) is 0 Å². The first kappa shape index (κ1) is 20.8. The van der Waals surface area contributed by atoms with Gasteiger partial charge in [0, 0.05) is 42.6 Å². The minimum atomic E-state index is -0.205. The summed E-state index contributed by atoms with van der Waals surface area (Å²) >= 11 is 13.6. The van der Waals surface area contributed by atoms with Gasteiger partial charge in [0.1, 0.15) is 0 Å². The summed E-state index contributed by atoms with van der Waals surface area (Å²) in [5, 5.41) is 4.07. The van der Waals surface area contributed by atoms with Crippen LogP contribution in [-0.4, -0.2) is 66.8 Å². The van der Waals surface area contributed by atoms with Crippen LogP contribution in [-0.2, 0) is 4.79 Å². The Balaban J connectivity index is 1.65. The van der Waals surface area contributed by atoms with Crippen molar-refractivity contribution in [2.24, 2.45) is 0 Å². The van der Waals surface area contributed by atoms with Crippen molar-refractivity contribution >= 4 is 40.9 Å². The highest BCUT2D eigenvalue weighted by Gasteiger charge is 2.17. The summed E-state index contributed by atoms with van der Waals surface area (Å²) in [6, 6.07) is 5.31. The number of benzene rings is 1. The Labute approximate surface area is 165 Å². The number of hydrogen-bond donors (Lipinski definition) is 1. The third-order valence-corrected chi connectivity index (χ3v) is 6.26. The summed E-state index contributed by atoms with van der Waals surface area (Å²) in [6.45, 7) is 11.5. The second-order valence-corrected chi connectivity index (χ2v) is 8.48. The Kier molecular flexibility index (Phi) is 8.87. The van der Waals surface area contributed by atoms with Gasteiger partial charge in [0.05, 0.1) is 10.3 Å². The van der Waals surface area contributed by atoms with Crippen LogP contribution in [0.5, 0.6) is 0 Å². The Morgan fingerprint density at radius 3 is 2.60 bits per heavy atom. The molecular formula is C18H27Cl2N3OS. The third kappa shape index (κ3) is 6.99. The molecule has 1 fully saturated rings. The number of nitrogens with one attached hydrogen (secondary N) is 1. The first-order valence-electron chi connectivity index (χ1n) is 8.83. The maximum Gasteiger partial charge on any atom is 0.233 e. The lowest BCUT2D eigenvalue weighted by molar-refractivity contribution is -0.120. The van der Waals surface area contributed by atoms with Crippen molar-refractivity contribution in [2.45, 2.75) is 30.4 Å². The zero-order valence-corrected chi connectivity index (χ0v) is 17.3. The fourth-order valence-electron chi connectivity index (χ4n) is 2.80. The molecule has 25 heavy (non-hydrogen) atoms. The van der Waals surface area contributed by atoms with Gasteiger partial charge in [-0.3, -0.25) is 4.79 Å². The molecule has 1 saturated heterocycles. The molecule has 0 saturated carbocycles. The van der Waals surface area contributed by atoms with Crippen LogP contribution in [0.25, 0.3) is 0 Å². The van der Waals surface area contributed by atoms with Gasteiger partial charge in [-0.2, -0.15) is 0 Å². The average molecular weight is 404 g/mol. The van der Waals surface area contributed by atoms with E-state index in [0.29, 0.717) is 16.6 Å². The SMILES string of the molecule is CCN1CCN(CCCNC(=O)C(C)Sc2cc(Cl)ccc2Cl)CC1. The van der Waals surface area contributed by atoms with Crippen LogP contribution < -0.4 is 5.32 Å². The van der Waals surface area contributed by atoms with E-state index in [9.17, 15) is 4.79 Å². The van der Waals surface area contributed by atoms with Crippen LogP contribution in [0.3, 0.4) is 0 Å². The quantitative estimate of drug-likeness (QED) is 0.530. The molecule has 0 aromatic heterocycles. The average Bonchev–Trinajstić information content (AvgIpc) is 2.62. The molecule has 2 rings (SSSR count). The summed E-state index contributed by atoms with van der Waals surface area (Å²) < 4.78 is 0. The topological polar surface area (TPSA) is 35.6 Å². The molecule has 1 aromatic carbocycles. The summed E-state index contributed by atoms with van der Waals surface area (Å²) in [5.41, 5.74) is 0. The molecule has 1 aliphatic rings. The first-order chi connectivity index (χ1) is 12.0. The Morgan fingerprint density at radius 1 is 1.24 bits per heavy atom. The van der Waals surface area contributed by atoms with E-state index < -0.39 is 0 Å². The summed E-state index contributed by atoms with van der Waals surface area (Å²) in [6.07, 6.45) is 0.979. The minimum absolute atomic E-state index is 0.0387. The van der Waals surface area contributed by atoms with Crippen molar-refractivity contribution in [1.82, 2.24) is 15.1 Å². The molecule has 1 N–H and O–H groups in total. The summed E-state index contributed by atoms with van der Waals surface area (Å²) in [5.74, 6) is 0.0387. The van der Waals surface area contributed by atoms with Gasteiger partial charge in [0.2, 0.25) is 5.91 Å². The van der Waals surface area contributed by atoms with Crippen LogP contribution in [0, 0.1) is 0 Å². The molecule has 1 atom stereocenters. The zero-order chi connectivity index (χ0) is 18.2. The highest BCUT2D eigenvalue weighted by molar-refractivity contribution is 8.00. The molecule has 1 unspecified atom stereocenters. The van der Waals surface area contributed by atoms with Gasteiger partial charge >= 0.3 is 0 Å². The zero-order valence-electron chi connectivity index (χ0n) is 14.9. The number of amides is 1. The van der Waals surface area contributed by atoms with E-state index in [4.69, 9.17) is 23.2 Å². The van der Waals surface area contributed by atoms with E-state index in [2.05, 4.69) is 22.0 Å². The first-order valence-corrected chi connectivity index (χ1v) is 10.5. The second-order valence-electron chi connectivity index (χ2n) is 6.26. The molecule has 1 aliphatic heterocycles. The van der Waals surface area contributed by atoms with Crippen molar-refractivity contribution in [3.63, 3.8) is 0 Å². The molecule has 4 nitrogen and oxygen atoms in total. The maximum atomic E-state index is 12.2. The number of carbonyl (C=O) groups excluding carboxylic acids is 1. The van der Waals surface area contributed by atoms with Gasteiger partial charge in [-0.25, -0.2) is 0 Å². The number of hydrogen-bond acceptors (Lipinski definition) is 4. The number of rotatable bonds is 8. The van der Waals surface area contributed by atoms with Crippen LogP contribution in [0.1, 0.15) is 20.3 Å².